The van der Waals surface area contributed by atoms with Gasteiger partial charge in [0.1, 0.15) is 0 Å². The summed E-state index contributed by atoms with van der Waals surface area (Å²) in [5, 5.41) is 17.9. The first-order valence-corrected chi connectivity index (χ1v) is 10.9. The second kappa shape index (κ2) is 7.62. The van der Waals surface area contributed by atoms with Crippen LogP contribution in [0.4, 0.5) is 0 Å². The molecule has 4 heterocycles. The van der Waals surface area contributed by atoms with Gasteiger partial charge >= 0.3 is 0 Å². The van der Waals surface area contributed by atoms with E-state index in [1.54, 1.807) is 16.5 Å². The molecule has 0 saturated carbocycles. The van der Waals surface area contributed by atoms with Crippen LogP contribution < -0.4 is 0 Å². The van der Waals surface area contributed by atoms with Crippen LogP contribution in [0.1, 0.15) is 54.6 Å². The first-order valence-electron chi connectivity index (χ1n) is 10.1. The Balaban J connectivity index is 1.45. The molecule has 0 aromatic carbocycles. The third-order valence-corrected chi connectivity index (χ3v) is 7.20. The molecule has 1 saturated heterocycles. The molecular weight excluding hydrogens is 360 g/mol. The second-order valence-electron chi connectivity index (χ2n) is 8.05. The van der Waals surface area contributed by atoms with Crippen LogP contribution in [0.5, 0.6) is 0 Å². The summed E-state index contributed by atoms with van der Waals surface area (Å²) in [6, 6.07) is 2.83. The van der Waals surface area contributed by atoms with Gasteiger partial charge in [-0.25, -0.2) is 4.68 Å². The highest BCUT2D eigenvalue weighted by Crippen LogP contribution is 2.46. The lowest BCUT2D eigenvalue weighted by Crippen LogP contribution is -2.50. The van der Waals surface area contributed by atoms with Gasteiger partial charge in [0.15, 0.2) is 0 Å². The van der Waals surface area contributed by atoms with Crippen LogP contribution in [0, 0.1) is 0 Å². The monoisotopic (exact) mass is 390 g/mol. The van der Waals surface area contributed by atoms with E-state index in [4.69, 9.17) is 4.74 Å². The molecule has 6 nitrogen and oxygen atoms in total. The van der Waals surface area contributed by atoms with Gasteiger partial charge in [-0.15, -0.1) is 16.4 Å². The number of aliphatic hydroxyl groups is 1. The number of aryl methyl sites for hydroxylation is 1. The molecule has 2 aliphatic rings. The van der Waals surface area contributed by atoms with Crippen molar-refractivity contribution in [2.45, 2.75) is 77.3 Å². The minimum Gasteiger partial charge on any atom is -0.391 e. The summed E-state index contributed by atoms with van der Waals surface area (Å²) in [7, 11) is 0. The molecule has 2 aromatic rings. The largest absolute Gasteiger partial charge is 0.391 e. The topological polar surface area (TPSA) is 63.4 Å². The molecule has 7 heteroatoms. The zero-order valence-electron chi connectivity index (χ0n) is 16.5. The lowest BCUT2D eigenvalue weighted by molar-refractivity contribution is -0.112. The fourth-order valence-electron chi connectivity index (χ4n) is 4.49. The molecule has 1 spiro atoms. The van der Waals surface area contributed by atoms with Gasteiger partial charge in [0.25, 0.3) is 0 Å². The van der Waals surface area contributed by atoms with Crippen LogP contribution >= 0.6 is 11.3 Å². The third kappa shape index (κ3) is 3.83. The number of thiophene rings is 1. The quantitative estimate of drug-likeness (QED) is 0.850. The highest BCUT2D eigenvalue weighted by molar-refractivity contribution is 7.12. The van der Waals surface area contributed by atoms with Gasteiger partial charge < -0.3 is 9.84 Å². The molecule has 0 aliphatic carbocycles. The van der Waals surface area contributed by atoms with E-state index in [9.17, 15) is 5.11 Å². The van der Waals surface area contributed by atoms with Gasteiger partial charge in [-0.05, 0) is 44.7 Å². The van der Waals surface area contributed by atoms with E-state index in [-0.39, 0.29) is 5.60 Å². The van der Waals surface area contributed by atoms with Crippen molar-refractivity contribution in [3.8, 4) is 0 Å². The average molecular weight is 391 g/mol. The van der Waals surface area contributed by atoms with Gasteiger partial charge in [0.2, 0.25) is 0 Å². The van der Waals surface area contributed by atoms with Crippen molar-refractivity contribution < 1.29 is 9.84 Å². The Kier molecular flexibility index (Phi) is 5.38. The summed E-state index contributed by atoms with van der Waals surface area (Å²) in [6.07, 6.45) is 5.77. The van der Waals surface area contributed by atoms with Crippen molar-refractivity contribution in [2.75, 3.05) is 13.2 Å². The number of ether oxygens (including phenoxy) is 1. The van der Waals surface area contributed by atoms with Crippen LogP contribution in [0.25, 0.3) is 0 Å². The fraction of sp³-hybridized carbons (Fsp3) is 0.700. The van der Waals surface area contributed by atoms with Crippen LogP contribution in [0.2, 0.25) is 0 Å². The van der Waals surface area contributed by atoms with E-state index in [0.29, 0.717) is 12.6 Å². The zero-order valence-corrected chi connectivity index (χ0v) is 17.3. The number of aliphatic hydroxyl groups excluding tert-OH is 1. The molecule has 0 amide bonds. The number of nitrogens with zero attached hydrogens (tertiary/aromatic N) is 4. The Bertz CT molecular complexity index is 787. The van der Waals surface area contributed by atoms with E-state index in [2.05, 4.69) is 35.1 Å². The van der Waals surface area contributed by atoms with Crippen LogP contribution in [-0.4, -0.2) is 50.3 Å². The van der Waals surface area contributed by atoms with E-state index < -0.39 is 6.10 Å². The van der Waals surface area contributed by atoms with E-state index >= 15 is 0 Å². The summed E-state index contributed by atoms with van der Waals surface area (Å²) in [5.41, 5.74) is 2.33. The van der Waals surface area contributed by atoms with Gasteiger partial charge in [-0.2, -0.15) is 0 Å². The van der Waals surface area contributed by atoms with Crippen LogP contribution in [0.3, 0.4) is 0 Å². The molecule has 0 bridgehead atoms. The molecule has 2 aliphatic heterocycles. The SMILES string of the molecule is CCc1cc2c(s1)CCO[C@@]21CCN(Cc2cn(C[C@@H](C)O)nn2)[C@@H](C)C1. The second-order valence-corrected chi connectivity index (χ2v) is 9.27. The Morgan fingerprint density at radius 2 is 2.33 bits per heavy atom. The highest BCUT2D eigenvalue weighted by atomic mass is 32.1. The molecule has 0 unspecified atom stereocenters. The van der Waals surface area contributed by atoms with Gasteiger partial charge in [0.05, 0.1) is 30.6 Å². The molecule has 1 N–H and O–H groups in total. The Morgan fingerprint density at radius 1 is 1.48 bits per heavy atom. The third-order valence-electron chi connectivity index (χ3n) is 5.86. The lowest BCUT2D eigenvalue weighted by Gasteiger charge is -2.47. The van der Waals surface area contributed by atoms with Crippen molar-refractivity contribution in [3.05, 3.63) is 33.3 Å². The molecule has 3 atom stereocenters. The molecule has 2 aromatic heterocycles. The Morgan fingerprint density at radius 3 is 3.07 bits per heavy atom. The van der Waals surface area contributed by atoms with Crippen LogP contribution in [-0.2, 0) is 36.3 Å². The predicted octanol–water partition coefficient (Wildman–Crippen LogP) is 2.74. The summed E-state index contributed by atoms with van der Waals surface area (Å²) < 4.78 is 8.15. The summed E-state index contributed by atoms with van der Waals surface area (Å²) in [6.45, 7) is 9.43. The van der Waals surface area contributed by atoms with Gasteiger partial charge in [-0.3, -0.25) is 4.90 Å². The number of piperidine rings is 1. The Labute approximate surface area is 165 Å². The Hall–Kier alpha value is -1.28. The lowest BCUT2D eigenvalue weighted by atomic mass is 9.79. The van der Waals surface area contributed by atoms with Crippen molar-refractivity contribution in [1.82, 2.24) is 19.9 Å². The predicted molar refractivity (Wildman–Crippen MR) is 106 cm³/mol. The highest BCUT2D eigenvalue weighted by Gasteiger charge is 2.44. The van der Waals surface area contributed by atoms with E-state index in [1.807, 2.05) is 17.5 Å². The van der Waals surface area contributed by atoms with Gasteiger partial charge in [0, 0.05) is 41.5 Å². The van der Waals surface area contributed by atoms with Crippen molar-refractivity contribution in [1.29, 1.82) is 0 Å². The molecule has 1 fully saturated rings. The number of hydrogen-bond donors (Lipinski definition) is 1. The number of hydrogen-bond acceptors (Lipinski definition) is 6. The molecule has 4 rings (SSSR count). The molecule has 148 valence electrons. The van der Waals surface area contributed by atoms with Gasteiger partial charge in [-0.1, -0.05) is 12.1 Å². The van der Waals surface area contributed by atoms with E-state index in [0.717, 1.165) is 51.1 Å². The van der Waals surface area contributed by atoms with Crippen LogP contribution in [0.15, 0.2) is 12.3 Å². The maximum atomic E-state index is 9.51. The normalized spacial score (nSPS) is 27.0. The van der Waals surface area contributed by atoms with Crippen molar-refractivity contribution in [3.63, 3.8) is 0 Å². The first kappa shape index (κ1) is 19.1. The minimum absolute atomic E-state index is 0.0999. The molecule has 0 radical (unpaired) electrons. The van der Waals surface area contributed by atoms with Crippen molar-refractivity contribution in [2.24, 2.45) is 0 Å². The number of likely N-dealkylation sites (tertiary alicyclic amines) is 1. The molecule has 27 heavy (non-hydrogen) atoms. The minimum atomic E-state index is -0.412. The summed E-state index contributed by atoms with van der Waals surface area (Å²) in [4.78, 5) is 5.50. The first-order chi connectivity index (χ1) is 13.0. The van der Waals surface area contributed by atoms with E-state index in [1.165, 1.54) is 10.4 Å². The maximum Gasteiger partial charge on any atom is 0.0969 e. The smallest absolute Gasteiger partial charge is 0.0969 e. The number of rotatable bonds is 5. The maximum absolute atomic E-state index is 9.51. The standard InChI is InChI=1S/C20H30N4O2S/c1-4-17-9-18-19(27-17)5-8-26-20(18)6-7-23(14(2)10-20)12-16-13-24(22-21-16)11-15(3)25/h9,13-15,25H,4-8,10-12H2,1-3H3/t14-,15+,20+/m0/s1. The number of fused-ring (bicyclic) bond motifs is 2. The fourth-order valence-corrected chi connectivity index (χ4v) is 5.67. The zero-order chi connectivity index (χ0) is 19.0. The van der Waals surface area contributed by atoms with Crippen molar-refractivity contribution >= 4 is 11.3 Å². The summed E-state index contributed by atoms with van der Waals surface area (Å²) in [5.74, 6) is 0. The summed E-state index contributed by atoms with van der Waals surface area (Å²) >= 11 is 1.98. The molecular formula is C20H30N4O2S. The number of aromatic nitrogens is 3. The average Bonchev–Trinajstić information content (AvgIpc) is 3.24.